The maximum Gasteiger partial charge on any atom is -0.0222 e. The van der Waals surface area contributed by atoms with Crippen LogP contribution in [0.2, 0.25) is 0 Å². The van der Waals surface area contributed by atoms with Gasteiger partial charge in [-0.1, -0.05) is 57.5 Å². The fourth-order valence-electron chi connectivity index (χ4n) is 2.07. The zero-order valence-corrected chi connectivity index (χ0v) is 10.6. The fraction of sp³-hybridized carbons (Fsp3) is 0.500. The summed E-state index contributed by atoms with van der Waals surface area (Å²) < 4.78 is 0. The molecule has 0 saturated heterocycles. The molecular formula is C16H23. The molecule has 0 heterocycles. The average Bonchev–Trinajstić information content (AvgIpc) is 2.33. The maximum absolute atomic E-state index is 5.69. The molecule has 0 atom stereocenters. The zero-order chi connectivity index (χ0) is 11.8. The van der Waals surface area contributed by atoms with Crippen LogP contribution in [0.25, 0.3) is 6.08 Å². The second-order valence-electron chi connectivity index (χ2n) is 4.36. The molecule has 0 nitrogen and oxygen atoms in total. The number of benzene rings is 1. The minimum atomic E-state index is 1.17. The van der Waals surface area contributed by atoms with E-state index in [1.54, 1.807) is 6.08 Å². The summed E-state index contributed by atoms with van der Waals surface area (Å²) in [6.07, 6.45) is 9.13. The van der Waals surface area contributed by atoms with Gasteiger partial charge < -0.3 is 0 Å². The van der Waals surface area contributed by atoms with Gasteiger partial charge in [-0.15, -0.1) is 0 Å². The first-order chi connectivity index (χ1) is 7.83. The molecule has 0 aliphatic carbocycles. The summed E-state index contributed by atoms with van der Waals surface area (Å²) in [4.78, 5) is 0. The van der Waals surface area contributed by atoms with Gasteiger partial charge in [-0.05, 0) is 42.4 Å². The van der Waals surface area contributed by atoms with E-state index in [9.17, 15) is 0 Å². The zero-order valence-electron chi connectivity index (χ0n) is 10.6. The van der Waals surface area contributed by atoms with E-state index in [1.807, 2.05) is 0 Å². The van der Waals surface area contributed by atoms with E-state index in [0.29, 0.717) is 0 Å². The second-order valence-corrected chi connectivity index (χ2v) is 4.36. The lowest BCUT2D eigenvalue weighted by Gasteiger charge is -2.12. The van der Waals surface area contributed by atoms with E-state index in [-0.39, 0.29) is 0 Å². The summed E-state index contributed by atoms with van der Waals surface area (Å²) in [5.74, 6) is 0. The van der Waals surface area contributed by atoms with Crippen molar-refractivity contribution in [2.24, 2.45) is 0 Å². The Bertz CT molecular complexity index is 323. The van der Waals surface area contributed by atoms with Gasteiger partial charge in [0.15, 0.2) is 0 Å². The third-order valence-electron chi connectivity index (χ3n) is 3.07. The van der Waals surface area contributed by atoms with E-state index in [1.165, 1.54) is 55.2 Å². The Morgan fingerprint density at radius 2 is 1.75 bits per heavy atom. The molecule has 0 saturated carbocycles. The van der Waals surface area contributed by atoms with E-state index in [4.69, 9.17) is 6.58 Å². The minimum absolute atomic E-state index is 1.17. The molecule has 1 rings (SSSR count). The number of unbranched alkanes of at least 4 members (excludes halogenated alkanes) is 2. The van der Waals surface area contributed by atoms with Gasteiger partial charge in [0, 0.05) is 0 Å². The summed E-state index contributed by atoms with van der Waals surface area (Å²) in [6, 6.07) is 6.51. The summed E-state index contributed by atoms with van der Waals surface area (Å²) in [5.41, 5.74) is 4.19. The van der Waals surface area contributed by atoms with Gasteiger partial charge in [-0.3, -0.25) is 0 Å². The highest BCUT2D eigenvalue weighted by Gasteiger charge is 2.05. The van der Waals surface area contributed by atoms with Crippen LogP contribution in [0.3, 0.4) is 0 Å². The third-order valence-corrected chi connectivity index (χ3v) is 3.07. The first-order valence-electron chi connectivity index (χ1n) is 6.49. The average molecular weight is 215 g/mol. The molecule has 0 bridgehead atoms. The Morgan fingerprint density at radius 3 is 2.38 bits per heavy atom. The van der Waals surface area contributed by atoms with Crippen LogP contribution in [0.4, 0.5) is 0 Å². The summed E-state index contributed by atoms with van der Waals surface area (Å²) in [6.45, 7) is 10.2. The lowest BCUT2D eigenvalue weighted by atomic mass is 9.93. The van der Waals surface area contributed by atoms with Gasteiger partial charge in [0.25, 0.3) is 0 Å². The number of aryl methyl sites for hydroxylation is 1. The predicted octanol–water partition coefficient (Wildman–Crippen LogP) is 4.82. The molecule has 0 N–H and O–H groups in total. The van der Waals surface area contributed by atoms with E-state index >= 15 is 0 Å². The first-order valence-corrected chi connectivity index (χ1v) is 6.49. The Labute approximate surface area is 100 Å². The smallest absolute Gasteiger partial charge is 0.0222 e. The molecule has 16 heavy (non-hydrogen) atoms. The van der Waals surface area contributed by atoms with Gasteiger partial charge in [0.1, 0.15) is 0 Å². The molecule has 0 unspecified atom stereocenters. The highest BCUT2D eigenvalue weighted by Crippen LogP contribution is 2.20. The summed E-state index contributed by atoms with van der Waals surface area (Å²) in [7, 11) is 0. The van der Waals surface area contributed by atoms with Crippen molar-refractivity contribution in [2.45, 2.75) is 52.4 Å². The molecule has 0 aliphatic rings. The second kappa shape index (κ2) is 7.27. The molecule has 1 aromatic carbocycles. The van der Waals surface area contributed by atoms with E-state index in [0.717, 1.165) is 0 Å². The molecule has 0 aromatic heterocycles. The van der Waals surface area contributed by atoms with Crippen molar-refractivity contribution >= 4 is 6.08 Å². The highest BCUT2D eigenvalue weighted by molar-refractivity contribution is 5.53. The third kappa shape index (κ3) is 3.52. The predicted molar refractivity (Wildman–Crippen MR) is 72.4 cm³/mol. The monoisotopic (exact) mass is 215 g/mol. The Morgan fingerprint density at radius 1 is 1.06 bits per heavy atom. The van der Waals surface area contributed by atoms with E-state index in [2.05, 4.69) is 32.0 Å². The van der Waals surface area contributed by atoms with Crippen LogP contribution < -0.4 is 0 Å². The minimum Gasteiger partial charge on any atom is -0.0654 e. The molecule has 87 valence electrons. The summed E-state index contributed by atoms with van der Waals surface area (Å²) >= 11 is 0. The number of hydrogen-bond donors (Lipinski definition) is 0. The molecule has 0 aliphatic heterocycles. The van der Waals surface area contributed by atoms with Gasteiger partial charge in [0.05, 0.1) is 0 Å². The quantitative estimate of drug-likeness (QED) is 0.612. The molecule has 0 amide bonds. The first kappa shape index (κ1) is 13.0. The fourth-order valence-corrected chi connectivity index (χ4v) is 2.07. The molecule has 1 aromatic rings. The summed E-state index contributed by atoms with van der Waals surface area (Å²) in [5, 5.41) is 0. The van der Waals surface area contributed by atoms with Crippen LogP contribution in [0.1, 0.15) is 56.2 Å². The highest BCUT2D eigenvalue weighted by atomic mass is 14.1. The molecule has 0 fully saturated rings. The molecular weight excluding hydrogens is 192 g/mol. The van der Waals surface area contributed by atoms with Crippen LogP contribution in [-0.2, 0) is 12.8 Å². The maximum atomic E-state index is 5.69. The largest absolute Gasteiger partial charge is 0.0654 e. The van der Waals surface area contributed by atoms with Crippen molar-refractivity contribution < 1.29 is 0 Å². The molecule has 0 spiro atoms. The van der Waals surface area contributed by atoms with Crippen molar-refractivity contribution in [1.82, 2.24) is 0 Å². The van der Waals surface area contributed by atoms with Crippen molar-refractivity contribution in [1.29, 1.82) is 0 Å². The van der Waals surface area contributed by atoms with Gasteiger partial charge in [-0.25, -0.2) is 0 Å². The van der Waals surface area contributed by atoms with Gasteiger partial charge in [0.2, 0.25) is 0 Å². The standard InChI is InChI=1S/C16H23/c1-4-7-10-15-12-9-11-14(6-3)16(15)13-8-5-2/h3,6,9,11-12H,4-5,7-8,10,13H2,1-2H3. The Balaban J connectivity index is 2.90. The SMILES string of the molecule is [CH]=Cc1cccc(CCCC)c1CCCC. The van der Waals surface area contributed by atoms with Crippen LogP contribution >= 0.6 is 0 Å². The van der Waals surface area contributed by atoms with E-state index < -0.39 is 0 Å². The number of hydrogen-bond acceptors (Lipinski definition) is 0. The number of rotatable bonds is 7. The van der Waals surface area contributed by atoms with Crippen LogP contribution in [0, 0.1) is 6.58 Å². The topological polar surface area (TPSA) is 0 Å². The van der Waals surface area contributed by atoms with Crippen molar-refractivity contribution in [3.05, 3.63) is 41.5 Å². The van der Waals surface area contributed by atoms with Gasteiger partial charge in [-0.2, -0.15) is 0 Å². The Hall–Kier alpha value is -1.04. The van der Waals surface area contributed by atoms with Crippen LogP contribution in [0.5, 0.6) is 0 Å². The van der Waals surface area contributed by atoms with Crippen molar-refractivity contribution in [2.75, 3.05) is 0 Å². The molecule has 0 heteroatoms. The van der Waals surface area contributed by atoms with Crippen molar-refractivity contribution in [3.8, 4) is 0 Å². The molecule has 1 radical (unpaired) electrons. The van der Waals surface area contributed by atoms with Gasteiger partial charge >= 0.3 is 0 Å². The van der Waals surface area contributed by atoms with Crippen LogP contribution in [0.15, 0.2) is 18.2 Å². The lowest BCUT2D eigenvalue weighted by Crippen LogP contribution is -1.98. The Kier molecular flexibility index (Phi) is 5.92. The van der Waals surface area contributed by atoms with Crippen LogP contribution in [-0.4, -0.2) is 0 Å². The van der Waals surface area contributed by atoms with Crippen molar-refractivity contribution in [3.63, 3.8) is 0 Å². The lowest BCUT2D eigenvalue weighted by molar-refractivity contribution is 0.757. The normalized spacial score (nSPS) is 10.4.